The summed E-state index contributed by atoms with van der Waals surface area (Å²) in [4.78, 5) is 0. The van der Waals surface area contributed by atoms with Gasteiger partial charge in [0, 0.05) is 19.5 Å². The number of rotatable bonds is 11. The van der Waals surface area contributed by atoms with Gasteiger partial charge in [-0.15, -0.1) is 0 Å². The molecule has 0 aliphatic heterocycles. The molecular formula is C17H32BrN3. The van der Waals surface area contributed by atoms with Crippen LogP contribution >= 0.6 is 15.9 Å². The largest absolute Gasteiger partial charge is 0.314 e. The summed E-state index contributed by atoms with van der Waals surface area (Å²) in [6.07, 6.45) is 10.5. The Bertz CT molecular complexity index is 401. The SMILES string of the molecule is CCCCCCCCC(Cc1c(Br)c(C)nn1C)NCC. The molecule has 0 saturated heterocycles. The number of aryl methyl sites for hydroxylation is 2. The van der Waals surface area contributed by atoms with Gasteiger partial charge in [-0.1, -0.05) is 52.4 Å². The van der Waals surface area contributed by atoms with Crippen LogP contribution in [-0.4, -0.2) is 22.4 Å². The Kier molecular flexibility index (Phi) is 9.25. The fraction of sp³-hybridized carbons (Fsp3) is 0.824. The van der Waals surface area contributed by atoms with Gasteiger partial charge in [-0.05, 0) is 35.8 Å². The average molecular weight is 358 g/mol. The maximum Gasteiger partial charge on any atom is 0.0738 e. The molecular weight excluding hydrogens is 326 g/mol. The van der Waals surface area contributed by atoms with Crippen LogP contribution in [0.3, 0.4) is 0 Å². The molecule has 0 aromatic carbocycles. The molecule has 1 N–H and O–H groups in total. The topological polar surface area (TPSA) is 29.9 Å². The van der Waals surface area contributed by atoms with Crippen LogP contribution in [0.25, 0.3) is 0 Å². The Balaban J connectivity index is 2.42. The summed E-state index contributed by atoms with van der Waals surface area (Å²) < 4.78 is 3.20. The van der Waals surface area contributed by atoms with Gasteiger partial charge in [0.2, 0.25) is 0 Å². The lowest BCUT2D eigenvalue weighted by Gasteiger charge is -2.18. The van der Waals surface area contributed by atoms with Crippen LogP contribution in [0.2, 0.25) is 0 Å². The summed E-state index contributed by atoms with van der Waals surface area (Å²) in [5.74, 6) is 0. The van der Waals surface area contributed by atoms with Gasteiger partial charge in [-0.2, -0.15) is 5.10 Å². The van der Waals surface area contributed by atoms with Gasteiger partial charge in [-0.25, -0.2) is 0 Å². The van der Waals surface area contributed by atoms with E-state index in [0.717, 1.165) is 18.7 Å². The molecule has 0 bridgehead atoms. The lowest BCUT2D eigenvalue weighted by molar-refractivity contribution is 0.449. The fourth-order valence-corrected chi connectivity index (χ4v) is 3.37. The van der Waals surface area contributed by atoms with Gasteiger partial charge in [0.1, 0.15) is 0 Å². The van der Waals surface area contributed by atoms with E-state index in [9.17, 15) is 0 Å². The number of nitrogens with zero attached hydrogens (tertiary/aromatic N) is 2. The van der Waals surface area contributed by atoms with E-state index >= 15 is 0 Å². The quantitative estimate of drug-likeness (QED) is 0.578. The number of nitrogens with one attached hydrogen (secondary N) is 1. The second-order valence-corrected chi connectivity index (χ2v) is 6.78. The monoisotopic (exact) mass is 357 g/mol. The zero-order valence-corrected chi connectivity index (χ0v) is 15.8. The molecule has 0 aliphatic carbocycles. The predicted molar refractivity (Wildman–Crippen MR) is 94.8 cm³/mol. The van der Waals surface area contributed by atoms with Gasteiger partial charge in [0.05, 0.1) is 15.9 Å². The average Bonchev–Trinajstić information content (AvgIpc) is 2.69. The summed E-state index contributed by atoms with van der Waals surface area (Å²) in [6, 6.07) is 0.562. The van der Waals surface area contributed by atoms with Crippen LogP contribution in [0.15, 0.2) is 4.47 Å². The number of aromatic nitrogens is 2. The molecule has 0 saturated carbocycles. The summed E-state index contributed by atoms with van der Waals surface area (Å²) in [6.45, 7) is 7.56. The zero-order valence-electron chi connectivity index (χ0n) is 14.2. The van der Waals surface area contributed by atoms with Crippen molar-refractivity contribution < 1.29 is 0 Å². The molecule has 0 amide bonds. The van der Waals surface area contributed by atoms with E-state index in [1.54, 1.807) is 0 Å². The minimum Gasteiger partial charge on any atom is -0.314 e. The second kappa shape index (κ2) is 10.4. The molecule has 1 heterocycles. The molecule has 3 nitrogen and oxygen atoms in total. The van der Waals surface area contributed by atoms with Gasteiger partial charge < -0.3 is 5.32 Å². The third kappa shape index (κ3) is 6.52. The molecule has 1 aromatic heterocycles. The first-order valence-electron chi connectivity index (χ1n) is 8.51. The van der Waals surface area contributed by atoms with E-state index in [0.29, 0.717) is 6.04 Å². The fourth-order valence-electron chi connectivity index (χ4n) is 2.87. The molecule has 0 fully saturated rings. The Morgan fingerprint density at radius 3 is 2.38 bits per heavy atom. The van der Waals surface area contributed by atoms with Crippen molar-refractivity contribution in [2.24, 2.45) is 7.05 Å². The van der Waals surface area contributed by atoms with Crippen molar-refractivity contribution in [1.29, 1.82) is 0 Å². The number of hydrogen-bond acceptors (Lipinski definition) is 2. The van der Waals surface area contributed by atoms with E-state index in [1.807, 2.05) is 11.7 Å². The highest BCUT2D eigenvalue weighted by Gasteiger charge is 2.16. The van der Waals surface area contributed by atoms with Gasteiger partial charge in [0.15, 0.2) is 0 Å². The highest BCUT2D eigenvalue weighted by molar-refractivity contribution is 9.10. The first-order chi connectivity index (χ1) is 10.1. The molecule has 1 rings (SSSR count). The highest BCUT2D eigenvalue weighted by atomic mass is 79.9. The van der Waals surface area contributed by atoms with Gasteiger partial charge in [-0.3, -0.25) is 4.68 Å². The van der Waals surface area contributed by atoms with Crippen molar-refractivity contribution in [3.05, 3.63) is 15.9 Å². The van der Waals surface area contributed by atoms with E-state index in [4.69, 9.17) is 0 Å². The zero-order chi connectivity index (χ0) is 15.7. The molecule has 4 heteroatoms. The maximum atomic E-state index is 4.50. The molecule has 0 spiro atoms. The highest BCUT2D eigenvalue weighted by Crippen LogP contribution is 2.22. The first kappa shape index (κ1) is 18.7. The van der Waals surface area contributed by atoms with Gasteiger partial charge in [0.25, 0.3) is 0 Å². The Hall–Kier alpha value is -0.350. The Morgan fingerprint density at radius 1 is 1.14 bits per heavy atom. The van der Waals surface area contributed by atoms with Crippen LogP contribution in [-0.2, 0) is 13.5 Å². The van der Waals surface area contributed by atoms with E-state index < -0.39 is 0 Å². The molecule has 0 radical (unpaired) electrons. The predicted octanol–water partition coefficient (Wildman–Crippen LogP) is 4.76. The molecule has 1 aromatic rings. The van der Waals surface area contributed by atoms with Crippen molar-refractivity contribution in [2.45, 2.75) is 78.2 Å². The summed E-state index contributed by atoms with van der Waals surface area (Å²) >= 11 is 3.68. The second-order valence-electron chi connectivity index (χ2n) is 5.98. The Morgan fingerprint density at radius 2 is 1.81 bits per heavy atom. The first-order valence-corrected chi connectivity index (χ1v) is 9.30. The summed E-state index contributed by atoms with van der Waals surface area (Å²) in [5, 5.41) is 8.13. The lowest BCUT2D eigenvalue weighted by atomic mass is 10.0. The molecule has 1 unspecified atom stereocenters. The molecule has 21 heavy (non-hydrogen) atoms. The minimum atomic E-state index is 0.562. The number of hydrogen-bond donors (Lipinski definition) is 1. The van der Waals surface area contributed by atoms with Crippen molar-refractivity contribution in [3.63, 3.8) is 0 Å². The van der Waals surface area contributed by atoms with Crippen molar-refractivity contribution in [1.82, 2.24) is 15.1 Å². The van der Waals surface area contributed by atoms with E-state index in [1.165, 1.54) is 55.1 Å². The summed E-state index contributed by atoms with van der Waals surface area (Å²) in [7, 11) is 2.04. The number of likely N-dealkylation sites (N-methyl/N-ethyl adjacent to an activating group) is 1. The van der Waals surface area contributed by atoms with Crippen molar-refractivity contribution >= 4 is 15.9 Å². The normalized spacial score (nSPS) is 12.8. The maximum absolute atomic E-state index is 4.50. The number of unbranched alkanes of at least 4 members (excludes halogenated alkanes) is 5. The summed E-state index contributed by atoms with van der Waals surface area (Å²) in [5.41, 5.74) is 2.40. The van der Waals surface area contributed by atoms with Crippen LogP contribution < -0.4 is 5.32 Å². The van der Waals surface area contributed by atoms with Crippen LogP contribution in [0, 0.1) is 6.92 Å². The third-order valence-corrected chi connectivity index (χ3v) is 5.13. The van der Waals surface area contributed by atoms with Crippen LogP contribution in [0.4, 0.5) is 0 Å². The minimum absolute atomic E-state index is 0.562. The Labute approximate surface area is 139 Å². The lowest BCUT2D eigenvalue weighted by Crippen LogP contribution is -2.31. The van der Waals surface area contributed by atoms with Gasteiger partial charge >= 0.3 is 0 Å². The molecule has 122 valence electrons. The third-order valence-electron chi connectivity index (χ3n) is 4.10. The molecule has 0 aliphatic rings. The van der Waals surface area contributed by atoms with Crippen LogP contribution in [0.1, 0.15) is 70.2 Å². The smallest absolute Gasteiger partial charge is 0.0738 e. The molecule has 1 atom stereocenters. The van der Waals surface area contributed by atoms with E-state index in [2.05, 4.69) is 47.1 Å². The van der Waals surface area contributed by atoms with Crippen LogP contribution in [0.5, 0.6) is 0 Å². The number of halogens is 1. The standard InChI is InChI=1S/C17H32BrN3/c1-5-7-8-9-10-11-12-15(19-6-2)13-16-17(18)14(3)20-21(16)4/h15,19H,5-13H2,1-4H3. The van der Waals surface area contributed by atoms with E-state index in [-0.39, 0.29) is 0 Å². The van der Waals surface area contributed by atoms with Crippen molar-refractivity contribution in [2.75, 3.05) is 6.54 Å². The van der Waals surface area contributed by atoms with Crippen molar-refractivity contribution in [3.8, 4) is 0 Å².